The molecule has 0 radical (unpaired) electrons. The Morgan fingerprint density at radius 1 is 1.47 bits per heavy atom. The van der Waals surface area contributed by atoms with Gasteiger partial charge < -0.3 is 9.84 Å². The molecule has 1 unspecified atom stereocenters. The average Bonchev–Trinajstić information content (AvgIpc) is 2.40. The first-order valence-electron chi connectivity index (χ1n) is 6.19. The van der Waals surface area contributed by atoms with E-state index in [1.165, 1.54) is 6.08 Å². The van der Waals surface area contributed by atoms with Crippen molar-refractivity contribution in [1.29, 1.82) is 0 Å². The second-order valence-electron chi connectivity index (χ2n) is 4.38. The Labute approximate surface area is 117 Å². The summed E-state index contributed by atoms with van der Waals surface area (Å²) in [7, 11) is 0. The number of hydrogen-bond donors (Lipinski definition) is 1. The molecular formula is C15H15ClO3. The molecule has 1 aromatic rings. The van der Waals surface area contributed by atoms with Gasteiger partial charge in [-0.1, -0.05) is 23.7 Å². The minimum atomic E-state index is -0.983. The van der Waals surface area contributed by atoms with Crippen LogP contribution in [-0.4, -0.2) is 17.2 Å². The Morgan fingerprint density at radius 3 is 2.95 bits per heavy atom. The third-order valence-electron chi connectivity index (χ3n) is 2.86. The summed E-state index contributed by atoms with van der Waals surface area (Å²) in [6.45, 7) is 0. The first-order chi connectivity index (χ1) is 9.15. The van der Waals surface area contributed by atoms with Gasteiger partial charge in [-0.05, 0) is 49.1 Å². The molecule has 1 aliphatic carbocycles. The Balaban J connectivity index is 2.08. The number of ether oxygens (including phenoxy) is 1. The summed E-state index contributed by atoms with van der Waals surface area (Å²) in [5.74, 6) is -0.352. The van der Waals surface area contributed by atoms with Crippen molar-refractivity contribution in [2.75, 3.05) is 0 Å². The summed E-state index contributed by atoms with van der Waals surface area (Å²) in [4.78, 5) is 10.4. The molecule has 1 atom stereocenters. The highest BCUT2D eigenvalue weighted by atomic mass is 35.5. The molecule has 0 saturated carbocycles. The van der Waals surface area contributed by atoms with Crippen LogP contribution in [0, 0.1) is 0 Å². The van der Waals surface area contributed by atoms with Gasteiger partial charge in [-0.3, -0.25) is 0 Å². The van der Waals surface area contributed by atoms with Crippen LogP contribution >= 0.6 is 11.6 Å². The van der Waals surface area contributed by atoms with Gasteiger partial charge in [0.2, 0.25) is 0 Å². The number of rotatable bonds is 4. The Kier molecular flexibility index (Phi) is 4.63. The smallest absolute Gasteiger partial charge is 0.328 e. The maximum atomic E-state index is 10.4. The van der Waals surface area contributed by atoms with Gasteiger partial charge in [-0.25, -0.2) is 4.79 Å². The van der Waals surface area contributed by atoms with Crippen molar-refractivity contribution in [3.8, 4) is 5.75 Å². The van der Waals surface area contributed by atoms with Crippen molar-refractivity contribution in [2.45, 2.75) is 25.4 Å². The van der Waals surface area contributed by atoms with Crippen LogP contribution < -0.4 is 4.74 Å². The predicted molar refractivity (Wildman–Crippen MR) is 75.5 cm³/mol. The van der Waals surface area contributed by atoms with E-state index in [0.717, 1.165) is 30.9 Å². The lowest BCUT2D eigenvalue weighted by molar-refractivity contribution is -0.131. The van der Waals surface area contributed by atoms with Crippen LogP contribution in [0.2, 0.25) is 5.02 Å². The molecule has 100 valence electrons. The molecule has 0 aromatic heterocycles. The lowest BCUT2D eigenvalue weighted by Gasteiger charge is -2.19. The first kappa shape index (κ1) is 13.7. The third kappa shape index (κ3) is 4.14. The van der Waals surface area contributed by atoms with Crippen LogP contribution in [0.1, 0.15) is 24.8 Å². The number of carbonyl (C=O) groups is 1. The lowest BCUT2D eigenvalue weighted by atomic mass is 10.1. The minimum absolute atomic E-state index is 0.0756. The number of benzene rings is 1. The molecule has 0 spiro atoms. The molecule has 0 saturated heterocycles. The standard InChI is InChI=1S/C15H15ClO3/c16-13-10-11(7-9-15(17)18)6-8-14(13)19-12-4-2-1-3-5-12/h2,4,6-10,12H,1,3,5H2,(H,17,18)/b9-7+. The fourth-order valence-corrected chi connectivity index (χ4v) is 2.16. The van der Waals surface area contributed by atoms with Crippen LogP contribution in [-0.2, 0) is 4.79 Å². The first-order valence-corrected chi connectivity index (χ1v) is 6.57. The highest BCUT2D eigenvalue weighted by Crippen LogP contribution is 2.28. The van der Waals surface area contributed by atoms with Crippen LogP contribution in [0.15, 0.2) is 36.4 Å². The fraction of sp³-hybridized carbons (Fsp3) is 0.267. The van der Waals surface area contributed by atoms with Gasteiger partial charge in [0.15, 0.2) is 0 Å². The van der Waals surface area contributed by atoms with Gasteiger partial charge >= 0.3 is 5.97 Å². The maximum Gasteiger partial charge on any atom is 0.328 e. The fourth-order valence-electron chi connectivity index (χ4n) is 1.93. The minimum Gasteiger partial charge on any atom is -0.485 e. The molecule has 0 bridgehead atoms. The van der Waals surface area contributed by atoms with E-state index in [0.29, 0.717) is 10.8 Å². The zero-order chi connectivity index (χ0) is 13.7. The van der Waals surface area contributed by atoms with Gasteiger partial charge in [0.25, 0.3) is 0 Å². The van der Waals surface area contributed by atoms with Gasteiger partial charge in [-0.15, -0.1) is 0 Å². The normalized spacial score (nSPS) is 18.7. The molecule has 0 aliphatic heterocycles. The van der Waals surface area contributed by atoms with Gasteiger partial charge in [0.1, 0.15) is 11.9 Å². The molecule has 19 heavy (non-hydrogen) atoms. The van der Waals surface area contributed by atoms with Crippen molar-refractivity contribution in [3.63, 3.8) is 0 Å². The Hall–Kier alpha value is -1.74. The summed E-state index contributed by atoms with van der Waals surface area (Å²) >= 11 is 6.13. The van der Waals surface area contributed by atoms with E-state index in [9.17, 15) is 4.79 Å². The van der Waals surface area contributed by atoms with Crippen LogP contribution in [0.3, 0.4) is 0 Å². The predicted octanol–water partition coefficient (Wildman–Crippen LogP) is 3.93. The summed E-state index contributed by atoms with van der Waals surface area (Å²) < 4.78 is 5.81. The summed E-state index contributed by atoms with van der Waals surface area (Å²) in [5.41, 5.74) is 0.735. The van der Waals surface area contributed by atoms with Crippen molar-refractivity contribution >= 4 is 23.6 Å². The van der Waals surface area contributed by atoms with Gasteiger partial charge in [-0.2, -0.15) is 0 Å². The highest BCUT2D eigenvalue weighted by Gasteiger charge is 2.11. The number of hydrogen-bond acceptors (Lipinski definition) is 2. The third-order valence-corrected chi connectivity index (χ3v) is 3.16. The largest absolute Gasteiger partial charge is 0.485 e. The van der Waals surface area contributed by atoms with E-state index < -0.39 is 5.97 Å². The number of allylic oxidation sites excluding steroid dienone is 1. The monoisotopic (exact) mass is 278 g/mol. The molecule has 4 heteroatoms. The quantitative estimate of drug-likeness (QED) is 0.670. The van der Waals surface area contributed by atoms with E-state index in [1.54, 1.807) is 18.2 Å². The van der Waals surface area contributed by atoms with Crippen molar-refractivity contribution in [3.05, 3.63) is 47.0 Å². The summed E-state index contributed by atoms with van der Waals surface area (Å²) in [6.07, 6.45) is 10.0. The molecule has 1 aliphatic rings. The molecule has 0 amide bonds. The summed E-state index contributed by atoms with van der Waals surface area (Å²) in [6, 6.07) is 5.25. The van der Waals surface area contributed by atoms with Crippen molar-refractivity contribution in [1.82, 2.24) is 0 Å². The SMILES string of the molecule is O=C(O)/C=C/c1ccc(OC2C=CCCC2)c(Cl)c1. The zero-order valence-electron chi connectivity index (χ0n) is 10.4. The Bertz CT molecular complexity index is 520. The maximum absolute atomic E-state index is 10.4. The molecule has 2 rings (SSSR count). The molecule has 1 aromatic carbocycles. The molecule has 0 fully saturated rings. The number of carboxylic acids is 1. The molecule has 3 nitrogen and oxygen atoms in total. The van der Waals surface area contributed by atoms with E-state index in [1.807, 2.05) is 0 Å². The van der Waals surface area contributed by atoms with E-state index in [2.05, 4.69) is 12.2 Å². The number of carboxylic acid groups (broad SMARTS) is 1. The van der Waals surface area contributed by atoms with E-state index in [4.69, 9.17) is 21.4 Å². The second kappa shape index (κ2) is 6.43. The van der Waals surface area contributed by atoms with E-state index in [-0.39, 0.29) is 6.10 Å². The van der Waals surface area contributed by atoms with Crippen LogP contribution in [0.4, 0.5) is 0 Å². The number of halogens is 1. The van der Waals surface area contributed by atoms with Crippen LogP contribution in [0.25, 0.3) is 6.08 Å². The molecular weight excluding hydrogens is 264 g/mol. The van der Waals surface area contributed by atoms with E-state index >= 15 is 0 Å². The topological polar surface area (TPSA) is 46.5 Å². The second-order valence-corrected chi connectivity index (χ2v) is 4.78. The van der Waals surface area contributed by atoms with Gasteiger partial charge in [0.05, 0.1) is 5.02 Å². The molecule has 0 heterocycles. The number of aliphatic carboxylic acids is 1. The van der Waals surface area contributed by atoms with Crippen molar-refractivity contribution < 1.29 is 14.6 Å². The highest BCUT2D eigenvalue weighted by molar-refractivity contribution is 6.32. The summed E-state index contributed by atoms with van der Waals surface area (Å²) in [5, 5.41) is 9.06. The van der Waals surface area contributed by atoms with Crippen LogP contribution in [0.5, 0.6) is 5.75 Å². The Morgan fingerprint density at radius 2 is 2.32 bits per heavy atom. The van der Waals surface area contributed by atoms with Gasteiger partial charge in [0, 0.05) is 6.08 Å². The lowest BCUT2D eigenvalue weighted by Crippen LogP contribution is -2.15. The average molecular weight is 279 g/mol. The zero-order valence-corrected chi connectivity index (χ0v) is 11.1. The van der Waals surface area contributed by atoms with Crippen molar-refractivity contribution in [2.24, 2.45) is 0 Å². The molecule has 1 N–H and O–H groups in total.